The average Bonchev–Trinajstić information content (AvgIpc) is 2.44. The molecule has 0 N–H and O–H groups in total. The number of methoxy groups -OCH3 is 3. The lowest BCUT2D eigenvalue weighted by Crippen LogP contribution is -2.25. The monoisotopic (exact) mass is 282 g/mol. The number of rotatable bonds is 4. The van der Waals surface area contributed by atoms with E-state index in [-0.39, 0.29) is 16.5 Å². The Morgan fingerprint density at radius 2 is 1.84 bits per heavy atom. The molecule has 0 saturated heterocycles. The highest BCUT2D eigenvalue weighted by molar-refractivity contribution is 8.00. The topological polar surface area (TPSA) is 44.8 Å². The van der Waals surface area contributed by atoms with E-state index in [0.717, 1.165) is 22.6 Å². The minimum atomic E-state index is -0.206. The molecule has 4 nitrogen and oxygen atoms in total. The van der Waals surface area contributed by atoms with Crippen molar-refractivity contribution in [3.05, 3.63) is 23.3 Å². The lowest BCUT2D eigenvalue weighted by molar-refractivity contribution is -0.116. The van der Waals surface area contributed by atoms with Crippen molar-refractivity contribution in [1.82, 2.24) is 0 Å². The molecule has 0 unspecified atom stereocenters. The highest BCUT2D eigenvalue weighted by atomic mass is 32.2. The molecule has 1 aliphatic rings. The number of carbonyl (C=O) groups is 1. The Kier molecular flexibility index (Phi) is 4.37. The second-order valence-corrected chi connectivity index (χ2v) is 5.64. The zero-order valence-electron chi connectivity index (χ0n) is 11.6. The summed E-state index contributed by atoms with van der Waals surface area (Å²) in [5.74, 6) is 1.71. The molecular formula is C14H18O4S. The van der Waals surface area contributed by atoms with Crippen LogP contribution in [-0.4, -0.2) is 32.4 Å². The third-order valence-corrected chi connectivity index (χ3v) is 4.80. The van der Waals surface area contributed by atoms with Crippen LogP contribution in [0, 0.1) is 0 Å². The number of fused-ring (bicyclic) bond motifs is 1. The summed E-state index contributed by atoms with van der Waals surface area (Å²) in [6.07, 6.45) is 0.648. The number of benzene rings is 1. The number of hydrogen-bond acceptors (Lipinski definition) is 5. The maximum absolute atomic E-state index is 11.7. The van der Waals surface area contributed by atoms with Crippen LogP contribution < -0.4 is 9.47 Å². The summed E-state index contributed by atoms with van der Waals surface area (Å²) in [6, 6.07) is 3.75. The molecule has 0 aliphatic carbocycles. The summed E-state index contributed by atoms with van der Waals surface area (Å²) >= 11 is 1.52. The average molecular weight is 282 g/mol. The summed E-state index contributed by atoms with van der Waals surface area (Å²) in [5, 5.41) is -0.0987. The third-order valence-electron chi connectivity index (χ3n) is 3.29. The molecule has 0 radical (unpaired) electrons. The molecule has 0 bridgehead atoms. The standard InChI is InChI=1S/C14H18O4S/c1-8(15)12-7-9-10(16-2)5-6-11(17-3)13(9)14(18-4)19-12/h5-6,12,14H,7H2,1-4H3/t12-,14-/m0/s1. The fraction of sp³-hybridized carbons (Fsp3) is 0.500. The predicted octanol–water partition coefficient (Wildman–Crippen LogP) is 2.60. The first-order chi connectivity index (χ1) is 9.12. The fourth-order valence-electron chi connectivity index (χ4n) is 2.33. The Labute approximate surface area is 117 Å². The Balaban J connectivity index is 2.55. The quantitative estimate of drug-likeness (QED) is 0.849. The van der Waals surface area contributed by atoms with Crippen molar-refractivity contribution in [2.75, 3.05) is 21.3 Å². The summed E-state index contributed by atoms with van der Waals surface area (Å²) in [7, 11) is 4.91. The summed E-state index contributed by atoms with van der Waals surface area (Å²) < 4.78 is 16.3. The van der Waals surface area contributed by atoms with Gasteiger partial charge < -0.3 is 14.2 Å². The van der Waals surface area contributed by atoms with Crippen molar-refractivity contribution in [2.45, 2.75) is 24.0 Å². The van der Waals surface area contributed by atoms with E-state index >= 15 is 0 Å². The molecule has 1 aliphatic heterocycles. The first-order valence-corrected chi connectivity index (χ1v) is 6.99. The van der Waals surface area contributed by atoms with E-state index in [1.807, 2.05) is 12.1 Å². The molecule has 2 atom stereocenters. The Hall–Kier alpha value is -1.20. The van der Waals surface area contributed by atoms with Gasteiger partial charge in [0.2, 0.25) is 0 Å². The minimum absolute atomic E-state index is 0.0987. The molecule has 5 heteroatoms. The largest absolute Gasteiger partial charge is 0.496 e. The van der Waals surface area contributed by atoms with Crippen molar-refractivity contribution in [3.63, 3.8) is 0 Å². The van der Waals surface area contributed by atoms with E-state index < -0.39 is 0 Å². The van der Waals surface area contributed by atoms with E-state index in [2.05, 4.69) is 0 Å². The van der Waals surface area contributed by atoms with Gasteiger partial charge in [-0.15, -0.1) is 11.8 Å². The van der Waals surface area contributed by atoms with Crippen LogP contribution in [-0.2, 0) is 16.0 Å². The van der Waals surface area contributed by atoms with E-state index in [1.54, 1.807) is 28.3 Å². The van der Waals surface area contributed by atoms with Gasteiger partial charge in [-0.1, -0.05) is 0 Å². The first kappa shape index (κ1) is 14.2. The van der Waals surface area contributed by atoms with Crippen molar-refractivity contribution in [1.29, 1.82) is 0 Å². The second-order valence-electron chi connectivity index (χ2n) is 4.37. The lowest BCUT2D eigenvalue weighted by Gasteiger charge is -2.31. The zero-order valence-corrected chi connectivity index (χ0v) is 12.4. The molecule has 1 heterocycles. The van der Waals surface area contributed by atoms with Gasteiger partial charge in [-0.25, -0.2) is 0 Å². The van der Waals surface area contributed by atoms with E-state index in [0.29, 0.717) is 6.42 Å². The van der Waals surface area contributed by atoms with Crippen LogP contribution in [0.4, 0.5) is 0 Å². The normalized spacial score (nSPS) is 21.7. The predicted molar refractivity (Wildman–Crippen MR) is 75.1 cm³/mol. The van der Waals surface area contributed by atoms with E-state index in [4.69, 9.17) is 14.2 Å². The van der Waals surface area contributed by atoms with Gasteiger partial charge in [-0.05, 0) is 25.5 Å². The smallest absolute Gasteiger partial charge is 0.143 e. The number of carbonyl (C=O) groups excluding carboxylic acids is 1. The van der Waals surface area contributed by atoms with Crippen LogP contribution >= 0.6 is 11.8 Å². The minimum Gasteiger partial charge on any atom is -0.496 e. The fourth-order valence-corrected chi connectivity index (χ4v) is 3.58. The Bertz CT molecular complexity index is 487. The van der Waals surface area contributed by atoms with Crippen molar-refractivity contribution >= 4 is 17.5 Å². The van der Waals surface area contributed by atoms with Crippen LogP contribution in [0.5, 0.6) is 11.5 Å². The van der Waals surface area contributed by atoms with Gasteiger partial charge in [0.25, 0.3) is 0 Å². The highest BCUT2D eigenvalue weighted by Gasteiger charge is 2.34. The van der Waals surface area contributed by atoms with E-state index in [9.17, 15) is 4.79 Å². The number of hydrogen-bond donors (Lipinski definition) is 0. The number of thioether (sulfide) groups is 1. The molecule has 0 amide bonds. The van der Waals surface area contributed by atoms with Crippen molar-refractivity contribution < 1.29 is 19.0 Å². The van der Waals surface area contributed by atoms with Crippen LogP contribution in [0.1, 0.15) is 23.5 Å². The van der Waals surface area contributed by atoms with Crippen LogP contribution in [0.3, 0.4) is 0 Å². The molecule has 0 fully saturated rings. The molecule has 0 spiro atoms. The van der Waals surface area contributed by atoms with Gasteiger partial charge in [-0.2, -0.15) is 0 Å². The van der Waals surface area contributed by atoms with Gasteiger partial charge in [0.1, 0.15) is 22.7 Å². The van der Waals surface area contributed by atoms with Crippen molar-refractivity contribution in [3.8, 4) is 11.5 Å². The number of ketones is 1. The molecular weight excluding hydrogens is 264 g/mol. The van der Waals surface area contributed by atoms with Gasteiger partial charge >= 0.3 is 0 Å². The maximum Gasteiger partial charge on any atom is 0.143 e. The summed E-state index contributed by atoms with van der Waals surface area (Å²) in [6.45, 7) is 1.61. The van der Waals surface area contributed by atoms with Gasteiger partial charge in [0.15, 0.2) is 0 Å². The number of ether oxygens (including phenoxy) is 3. The second kappa shape index (κ2) is 5.84. The first-order valence-electron chi connectivity index (χ1n) is 6.04. The SMILES string of the molecule is COc1ccc(OC)c2c1C[C@@H](C(C)=O)S[C@@H]2OC. The number of Topliss-reactive ketones (excluding diaryl/α,β-unsaturated/α-hetero) is 1. The Morgan fingerprint density at radius 1 is 1.21 bits per heavy atom. The van der Waals surface area contributed by atoms with Crippen LogP contribution in [0.2, 0.25) is 0 Å². The van der Waals surface area contributed by atoms with E-state index in [1.165, 1.54) is 11.8 Å². The molecule has 104 valence electrons. The Morgan fingerprint density at radius 3 is 2.37 bits per heavy atom. The van der Waals surface area contributed by atoms with Gasteiger partial charge in [0.05, 0.1) is 19.5 Å². The van der Waals surface area contributed by atoms with Crippen LogP contribution in [0.15, 0.2) is 12.1 Å². The molecule has 2 rings (SSSR count). The third kappa shape index (κ3) is 2.58. The molecule has 0 saturated carbocycles. The molecule has 1 aromatic carbocycles. The maximum atomic E-state index is 11.7. The van der Waals surface area contributed by atoms with Gasteiger partial charge in [0, 0.05) is 18.2 Å². The zero-order chi connectivity index (χ0) is 14.0. The summed E-state index contributed by atoms with van der Waals surface area (Å²) in [4.78, 5) is 11.7. The van der Waals surface area contributed by atoms with Gasteiger partial charge in [-0.3, -0.25) is 4.79 Å². The highest BCUT2D eigenvalue weighted by Crippen LogP contribution is 2.48. The lowest BCUT2D eigenvalue weighted by atomic mass is 9.98. The molecule has 19 heavy (non-hydrogen) atoms. The molecule has 1 aromatic rings. The van der Waals surface area contributed by atoms with Crippen LogP contribution in [0.25, 0.3) is 0 Å². The van der Waals surface area contributed by atoms with Crippen molar-refractivity contribution in [2.24, 2.45) is 0 Å². The summed E-state index contributed by atoms with van der Waals surface area (Å²) in [5.41, 5.74) is 1.78. The molecule has 0 aromatic heterocycles.